The number of nitrogens with zero attached hydrogens (tertiary/aromatic N) is 1. The lowest BCUT2D eigenvalue weighted by molar-refractivity contribution is 0.295. The van der Waals surface area contributed by atoms with Crippen LogP contribution in [-0.4, -0.2) is 18.1 Å². The van der Waals surface area contributed by atoms with E-state index >= 15 is 0 Å². The van der Waals surface area contributed by atoms with Crippen molar-refractivity contribution >= 4 is 11.6 Å². The van der Waals surface area contributed by atoms with Crippen LogP contribution in [0.15, 0.2) is 36.4 Å². The van der Waals surface area contributed by atoms with Crippen LogP contribution in [0.25, 0.3) is 0 Å². The van der Waals surface area contributed by atoms with E-state index in [4.69, 9.17) is 26.8 Å². The molecular weight excluding hydrogens is 288 g/mol. The van der Waals surface area contributed by atoms with Crippen LogP contribution >= 0.6 is 11.6 Å². The average Bonchev–Trinajstić information content (AvgIpc) is 2.46. The van der Waals surface area contributed by atoms with E-state index in [1.807, 2.05) is 31.2 Å². The maximum absolute atomic E-state index is 6.23. The highest BCUT2D eigenvalue weighted by molar-refractivity contribution is 6.32. The highest BCUT2D eigenvalue weighted by Crippen LogP contribution is 2.30. The molecule has 0 radical (unpaired) electrons. The van der Waals surface area contributed by atoms with E-state index in [9.17, 15) is 0 Å². The predicted octanol–water partition coefficient (Wildman–Crippen LogP) is 3.21. The molecule has 0 saturated carbocycles. The molecule has 1 unspecified atom stereocenters. The fourth-order valence-electron chi connectivity index (χ4n) is 2.02. The van der Waals surface area contributed by atoms with E-state index in [1.54, 1.807) is 19.2 Å². The Morgan fingerprint density at radius 2 is 2.00 bits per heavy atom. The lowest BCUT2D eigenvalue weighted by Gasteiger charge is -2.14. The monoisotopic (exact) mass is 306 g/mol. The summed E-state index contributed by atoms with van der Waals surface area (Å²) in [5.41, 5.74) is 7.64. The molecule has 4 nitrogen and oxygen atoms in total. The summed E-state index contributed by atoms with van der Waals surface area (Å²) in [5, 5.41) is 0.580. The lowest BCUT2D eigenvalue weighted by atomic mass is 10.1. The first-order valence-corrected chi connectivity index (χ1v) is 7.13. The van der Waals surface area contributed by atoms with Gasteiger partial charge in [-0.25, -0.2) is 4.98 Å². The van der Waals surface area contributed by atoms with Gasteiger partial charge in [0.2, 0.25) is 5.88 Å². The summed E-state index contributed by atoms with van der Waals surface area (Å²) < 4.78 is 10.9. The Balaban J connectivity index is 2.15. The summed E-state index contributed by atoms with van der Waals surface area (Å²) in [6.07, 6.45) is 0.710. The Kier molecular flexibility index (Phi) is 5.42. The highest BCUT2D eigenvalue weighted by Gasteiger charge is 2.11. The molecule has 0 amide bonds. The molecule has 0 fully saturated rings. The van der Waals surface area contributed by atoms with Crippen LogP contribution in [0.1, 0.15) is 18.2 Å². The Morgan fingerprint density at radius 1 is 1.24 bits per heavy atom. The SMILES string of the molecule is COc1cccc(COc2c(Cl)cccc2CC(C)N)n1. The standard InChI is InChI=1S/C16H19ClN2O2/c1-11(18)9-12-5-3-7-14(17)16(12)21-10-13-6-4-8-15(19-13)20-2/h3-8,11H,9-10,18H2,1-2H3. The van der Waals surface area contributed by atoms with Crippen molar-refractivity contribution < 1.29 is 9.47 Å². The molecule has 0 aliphatic carbocycles. The largest absolute Gasteiger partial charge is 0.485 e. The third-order valence-corrected chi connectivity index (χ3v) is 3.24. The number of methoxy groups -OCH3 is 1. The van der Waals surface area contributed by atoms with Crippen molar-refractivity contribution in [2.24, 2.45) is 5.73 Å². The van der Waals surface area contributed by atoms with Crippen molar-refractivity contribution in [1.29, 1.82) is 0 Å². The van der Waals surface area contributed by atoms with Crippen LogP contribution in [0.2, 0.25) is 5.02 Å². The number of nitrogens with two attached hydrogens (primary N) is 1. The number of pyridine rings is 1. The summed E-state index contributed by atoms with van der Waals surface area (Å²) in [6.45, 7) is 2.28. The molecule has 1 heterocycles. The molecule has 112 valence electrons. The Hall–Kier alpha value is -1.78. The number of para-hydroxylation sites is 1. The summed E-state index contributed by atoms with van der Waals surface area (Å²) >= 11 is 6.23. The van der Waals surface area contributed by atoms with E-state index in [1.165, 1.54) is 0 Å². The summed E-state index contributed by atoms with van der Waals surface area (Å²) in [7, 11) is 1.59. The Bertz CT molecular complexity index is 603. The molecule has 0 aliphatic heterocycles. The van der Waals surface area contributed by atoms with Crippen LogP contribution in [0.4, 0.5) is 0 Å². The van der Waals surface area contributed by atoms with E-state index in [0.717, 1.165) is 11.3 Å². The molecule has 2 N–H and O–H groups in total. The van der Waals surface area contributed by atoms with Crippen molar-refractivity contribution in [2.45, 2.75) is 26.0 Å². The van der Waals surface area contributed by atoms with Crippen LogP contribution < -0.4 is 15.2 Å². The zero-order chi connectivity index (χ0) is 15.2. The fraction of sp³-hybridized carbons (Fsp3) is 0.312. The van der Waals surface area contributed by atoms with Gasteiger partial charge in [-0.2, -0.15) is 0 Å². The maximum Gasteiger partial charge on any atom is 0.213 e. The normalized spacial score (nSPS) is 12.0. The van der Waals surface area contributed by atoms with Crippen molar-refractivity contribution in [1.82, 2.24) is 4.98 Å². The number of benzene rings is 1. The van der Waals surface area contributed by atoms with Crippen LogP contribution in [0.5, 0.6) is 11.6 Å². The molecule has 0 aliphatic rings. The average molecular weight is 307 g/mol. The summed E-state index contributed by atoms with van der Waals surface area (Å²) in [5.74, 6) is 1.23. The smallest absolute Gasteiger partial charge is 0.213 e. The van der Waals surface area contributed by atoms with Gasteiger partial charge in [-0.15, -0.1) is 0 Å². The predicted molar refractivity (Wildman–Crippen MR) is 83.9 cm³/mol. The molecule has 1 aromatic heterocycles. The molecule has 0 bridgehead atoms. The lowest BCUT2D eigenvalue weighted by Crippen LogP contribution is -2.18. The van der Waals surface area contributed by atoms with Crippen molar-refractivity contribution in [3.63, 3.8) is 0 Å². The minimum absolute atomic E-state index is 0.0424. The molecule has 21 heavy (non-hydrogen) atoms. The second-order valence-electron chi connectivity index (χ2n) is 4.87. The summed E-state index contributed by atoms with van der Waals surface area (Å²) in [6, 6.07) is 11.3. The fourth-order valence-corrected chi connectivity index (χ4v) is 2.27. The first-order chi connectivity index (χ1) is 10.1. The maximum atomic E-state index is 6.23. The zero-order valence-corrected chi connectivity index (χ0v) is 12.9. The van der Waals surface area contributed by atoms with Gasteiger partial charge in [-0.1, -0.05) is 29.8 Å². The van der Waals surface area contributed by atoms with Gasteiger partial charge in [-0.05, 0) is 31.0 Å². The molecule has 5 heteroatoms. The van der Waals surface area contributed by atoms with Gasteiger partial charge in [0, 0.05) is 12.1 Å². The molecule has 0 saturated heterocycles. The van der Waals surface area contributed by atoms with Gasteiger partial charge < -0.3 is 15.2 Å². The van der Waals surface area contributed by atoms with Gasteiger partial charge in [-0.3, -0.25) is 0 Å². The number of halogens is 1. The van der Waals surface area contributed by atoms with E-state index in [-0.39, 0.29) is 6.04 Å². The molecule has 1 atom stereocenters. The van der Waals surface area contributed by atoms with Crippen molar-refractivity contribution in [2.75, 3.05) is 7.11 Å². The second kappa shape index (κ2) is 7.29. The number of hydrogen-bond donors (Lipinski definition) is 1. The third-order valence-electron chi connectivity index (χ3n) is 2.95. The minimum Gasteiger partial charge on any atom is -0.485 e. The van der Waals surface area contributed by atoms with Gasteiger partial charge in [0.15, 0.2) is 0 Å². The Labute approximate surface area is 129 Å². The topological polar surface area (TPSA) is 57.4 Å². The number of ether oxygens (including phenoxy) is 2. The quantitative estimate of drug-likeness (QED) is 0.890. The van der Waals surface area contributed by atoms with Gasteiger partial charge in [0.25, 0.3) is 0 Å². The molecule has 2 aromatic rings. The first kappa shape index (κ1) is 15.6. The van der Waals surface area contributed by atoms with Crippen molar-refractivity contribution in [3.05, 3.63) is 52.7 Å². The van der Waals surface area contributed by atoms with Gasteiger partial charge in [0.05, 0.1) is 17.8 Å². The Morgan fingerprint density at radius 3 is 2.71 bits per heavy atom. The van der Waals surface area contributed by atoms with Crippen LogP contribution in [0.3, 0.4) is 0 Å². The molecule has 0 spiro atoms. The zero-order valence-electron chi connectivity index (χ0n) is 12.2. The highest BCUT2D eigenvalue weighted by atomic mass is 35.5. The number of hydrogen-bond acceptors (Lipinski definition) is 4. The number of rotatable bonds is 6. The summed E-state index contributed by atoms with van der Waals surface area (Å²) in [4.78, 5) is 4.31. The van der Waals surface area contributed by atoms with E-state index in [0.29, 0.717) is 29.7 Å². The van der Waals surface area contributed by atoms with Crippen LogP contribution in [-0.2, 0) is 13.0 Å². The van der Waals surface area contributed by atoms with Gasteiger partial charge in [0.1, 0.15) is 12.4 Å². The first-order valence-electron chi connectivity index (χ1n) is 6.76. The van der Waals surface area contributed by atoms with Gasteiger partial charge >= 0.3 is 0 Å². The van der Waals surface area contributed by atoms with E-state index in [2.05, 4.69) is 4.98 Å². The van der Waals surface area contributed by atoms with Crippen molar-refractivity contribution in [3.8, 4) is 11.6 Å². The second-order valence-corrected chi connectivity index (χ2v) is 5.28. The van der Waals surface area contributed by atoms with Crippen LogP contribution in [0, 0.1) is 0 Å². The number of aromatic nitrogens is 1. The minimum atomic E-state index is 0.0424. The third kappa shape index (κ3) is 4.34. The molecular formula is C16H19ClN2O2. The van der Waals surface area contributed by atoms with E-state index < -0.39 is 0 Å². The molecule has 1 aromatic carbocycles. The molecule has 2 rings (SSSR count).